The second-order valence-corrected chi connectivity index (χ2v) is 4.77. The van der Waals surface area contributed by atoms with Crippen molar-refractivity contribution in [2.45, 2.75) is 32.2 Å². The highest BCUT2D eigenvalue weighted by Crippen LogP contribution is 2.22. The summed E-state index contributed by atoms with van der Waals surface area (Å²) in [5.74, 6) is -0.743. The van der Waals surface area contributed by atoms with Crippen LogP contribution in [0.15, 0.2) is 48.8 Å². The van der Waals surface area contributed by atoms with Gasteiger partial charge < -0.3 is 9.67 Å². The average molecular weight is 257 g/mol. The maximum absolute atomic E-state index is 11.0. The van der Waals surface area contributed by atoms with Crippen molar-refractivity contribution in [1.29, 1.82) is 0 Å². The molecule has 0 aliphatic heterocycles. The summed E-state index contributed by atoms with van der Waals surface area (Å²) in [4.78, 5) is 11.0. The molecule has 0 bridgehead atoms. The molecule has 1 aromatic carbocycles. The van der Waals surface area contributed by atoms with Crippen molar-refractivity contribution < 1.29 is 9.90 Å². The van der Waals surface area contributed by atoms with Gasteiger partial charge in [-0.3, -0.25) is 4.79 Å². The second kappa shape index (κ2) is 6.23. The number of benzene rings is 1. The van der Waals surface area contributed by atoms with E-state index in [4.69, 9.17) is 5.11 Å². The van der Waals surface area contributed by atoms with Gasteiger partial charge in [-0.05, 0) is 29.7 Å². The van der Waals surface area contributed by atoms with Gasteiger partial charge in [0.1, 0.15) is 0 Å². The van der Waals surface area contributed by atoms with Gasteiger partial charge >= 0.3 is 5.97 Å². The predicted octanol–water partition coefficient (Wildman–Crippen LogP) is 3.31. The lowest BCUT2D eigenvalue weighted by Crippen LogP contribution is -2.12. The van der Waals surface area contributed by atoms with Crippen molar-refractivity contribution in [3.05, 3.63) is 59.9 Å². The van der Waals surface area contributed by atoms with E-state index in [-0.39, 0.29) is 12.3 Å². The van der Waals surface area contributed by atoms with Gasteiger partial charge in [-0.2, -0.15) is 0 Å². The summed E-state index contributed by atoms with van der Waals surface area (Å²) in [7, 11) is 0. The molecule has 0 aliphatic carbocycles. The molecule has 1 aromatic heterocycles. The van der Waals surface area contributed by atoms with Gasteiger partial charge in [-0.1, -0.05) is 31.2 Å². The topological polar surface area (TPSA) is 42.2 Å². The summed E-state index contributed by atoms with van der Waals surface area (Å²) >= 11 is 0. The van der Waals surface area contributed by atoms with E-state index < -0.39 is 5.97 Å². The van der Waals surface area contributed by atoms with E-state index in [0.717, 1.165) is 12.0 Å². The largest absolute Gasteiger partial charge is 0.481 e. The smallest absolute Gasteiger partial charge is 0.304 e. The fourth-order valence-electron chi connectivity index (χ4n) is 2.27. The zero-order valence-corrected chi connectivity index (χ0v) is 11.1. The summed E-state index contributed by atoms with van der Waals surface area (Å²) in [6.45, 7) is 2.81. The van der Waals surface area contributed by atoms with Crippen molar-refractivity contribution in [2.75, 3.05) is 0 Å². The number of aromatic nitrogens is 1. The van der Waals surface area contributed by atoms with Crippen molar-refractivity contribution >= 4 is 5.97 Å². The van der Waals surface area contributed by atoms with Gasteiger partial charge in [0.25, 0.3) is 0 Å². The number of aryl methyl sites for hydroxylation is 1. The number of rotatable bonds is 6. The van der Waals surface area contributed by atoms with Crippen molar-refractivity contribution in [1.82, 2.24) is 4.57 Å². The molecular formula is C16H19NO2. The number of carbonyl (C=O) groups is 1. The monoisotopic (exact) mass is 257 g/mol. The summed E-state index contributed by atoms with van der Waals surface area (Å²) in [6.07, 6.45) is 5.09. The first kappa shape index (κ1) is 13.4. The van der Waals surface area contributed by atoms with Crippen LogP contribution in [-0.4, -0.2) is 15.6 Å². The van der Waals surface area contributed by atoms with Crippen LogP contribution in [-0.2, 0) is 17.8 Å². The third-order valence-corrected chi connectivity index (χ3v) is 3.38. The van der Waals surface area contributed by atoms with E-state index in [0.29, 0.717) is 6.54 Å². The molecular weight excluding hydrogens is 238 g/mol. The molecule has 2 rings (SSSR count). The molecule has 0 radical (unpaired) electrons. The molecule has 0 aliphatic rings. The summed E-state index contributed by atoms with van der Waals surface area (Å²) in [5, 5.41) is 9.07. The number of hydrogen-bond donors (Lipinski definition) is 1. The Bertz CT molecular complexity index is 514. The van der Waals surface area contributed by atoms with E-state index in [9.17, 15) is 4.79 Å². The van der Waals surface area contributed by atoms with E-state index in [2.05, 4.69) is 31.2 Å². The number of aliphatic carboxylic acids is 1. The van der Waals surface area contributed by atoms with Gasteiger partial charge in [-0.25, -0.2) is 0 Å². The maximum Gasteiger partial charge on any atom is 0.304 e. The first-order valence-electron chi connectivity index (χ1n) is 6.60. The Morgan fingerprint density at radius 3 is 2.37 bits per heavy atom. The lowest BCUT2D eigenvalue weighted by Gasteiger charge is -2.16. The average Bonchev–Trinajstić information content (AvgIpc) is 2.90. The number of nitrogens with zero attached hydrogens (tertiary/aromatic N) is 1. The molecule has 0 saturated carbocycles. The molecule has 19 heavy (non-hydrogen) atoms. The molecule has 1 heterocycles. The fourth-order valence-corrected chi connectivity index (χ4v) is 2.27. The molecule has 3 heteroatoms. The van der Waals surface area contributed by atoms with Crippen LogP contribution in [0.4, 0.5) is 0 Å². The molecule has 0 fully saturated rings. The second-order valence-electron chi connectivity index (χ2n) is 4.77. The van der Waals surface area contributed by atoms with E-state index in [1.54, 1.807) is 0 Å². The molecule has 1 atom stereocenters. The fraction of sp³-hybridized carbons (Fsp3) is 0.312. The van der Waals surface area contributed by atoms with Crippen LogP contribution in [0, 0.1) is 0 Å². The first-order valence-corrected chi connectivity index (χ1v) is 6.60. The van der Waals surface area contributed by atoms with Crippen molar-refractivity contribution in [3.8, 4) is 0 Å². The van der Waals surface area contributed by atoms with Crippen LogP contribution in [0.2, 0.25) is 0 Å². The molecule has 2 aromatic rings. The highest BCUT2D eigenvalue weighted by Gasteiger charge is 2.16. The maximum atomic E-state index is 11.0. The highest BCUT2D eigenvalue weighted by atomic mass is 16.4. The third kappa shape index (κ3) is 3.71. The Hall–Kier alpha value is -2.03. The normalized spacial score (nSPS) is 12.3. The SMILES string of the molecule is CCc1ccc(C(CC(=O)O)Cn2cccc2)cc1. The summed E-state index contributed by atoms with van der Waals surface area (Å²) in [6, 6.07) is 12.2. The van der Waals surface area contributed by atoms with Gasteiger partial charge in [-0.15, -0.1) is 0 Å². The Balaban J connectivity index is 2.17. The molecule has 1 N–H and O–H groups in total. The first-order chi connectivity index (χ1) is 9.19. The van der Waals surface area contributed by atoms with Crippen LogP contribution in [0.3, 0.4) is 0 Å². The quantitative estimate of drug-likeness (QED) is 0.862. The lowest BCUT2D eigenvalue weighted by molar-refractivity contribution is -0.137. The molecule has 0 spiro atoms. The Morgan fingerprint density at radius 1 is 1.21 bits per heavy atom. The summed E-state index contributed by atoms with van der Waals surface area (Å²) < 4.78 is 2.03. The molecule has 1 unspecified atom stereocenters. The molecule has 0 amide bonds. The predicted molar refractivity (Wildman–Crippen MR) is 75.2 cm³/mol. The minimum Gasteiger partial charge on any atom is -0.481 e. The van der Waals surface area contributed by atoms with Crippen molar-refractivity contribution in [3.63, 3.8) is 0 Å². The Morgan fingerprint density at radius 2 is 1.84 bits per heavy atom. The van der Waals surface area contributed by atoms with Crippen LogP contribution in [0.1, 0.15) is 30.4 Å². The van der Waals surface area contributed by atoms with Gasteiger partial charge in [0.15, 0.2) is 0 Å². The van der Waals surface area contributed by atoms with Crippen LogP contribution >= 0.6 is 0 Å². The van der Waals surface area contributed by atoms with Crippen molar-refractivity contribution in [2.24, 2.45) is 0 Å². The Kier molecular flexibility index (Phi) is 4.39. The van der Waals surface area contributed by atoms with Gasteiger partial charge in [0, 0.05) is 24.9 Å². The molecule has 0 saturated heterocycles. The minimum atomic E-state index is -0.753. The van der Waals surface area contributed by atoms with Crippen LogP contribution in [0.5, 0.6) is 0 Å². The van der Waals surface area contributed by atoms with E-state index in [1.807, 2.05) is 29.1 Å². The highest BCUT2D eigenvalue weighted by molar-refractivity contribution is 5.68. The molecule has 100 valence electrons. The lowest BCUT2D eigenvalue weighted by atomic mass is 9.94. The van der Waals surface area contributed by atoms with E-state index >= 15 is 0 Å². The number of hydrogen-bond acceptors (Lipinski definition) is 1. The van der Waals surface area contributed by atoms with Crippen LogP contribution in [0.25, 0.3) is 0 Å². The number of carboxylic acids is 1. The van der Waals surface area contributed by atoms with Crippen LogP contribution < -0.4 is 0 Å². The minimum absolute atomic E-state index is 0.0100. The molecule has 3 nitrogen and oxygen atoms in total. The Labute approximate surface area is 113 Å². The van der Waals surface area contributed by atoms with Gasteiger partial charge in [0.05, 0.1) is 6.42 Å². The zero-order valence-electron chi connectivity index (χ0n) is 11.1. The van der Waals surface area contributed by atoms with E-state index in [1.165, 1.54) is 5.56 Å². The zero-order chi connectivity index (χ0) is 13.7. The standard InChI is InChI=1S/C16H19NO2/c1-2-13-5-7-14(8-6-13)15(11-16(18)19)12-17-9-3-4-10-17/h3-10,15H,2,11-12H2,1H3,(H,18,19). The van der Waals surface area contributed by atoms with Gasteiger partial charge in [0.2, 0.25) is 0 Å². The third-order valence-electron chi connectivity index (χ3n) is 3.38. The summed E-state index contributed by atoms with van der Waals surface area (Å²) in [5.41, 5.74) is 2.37. The number of carboxylic acid groups (broad SMARTS) is 1.